The van der Waals surface area contributed by atoms with Crippen LogP contribution >= 0.6 is 0 Å². The van der Waals surface area contributed by atoms with Gasteiger partial charge in [0.2, 0.25) is 0 Å². The topological polar surface area (TPSA) is 106 Å². The van der Waals surface area contributed by atoms with Crippen LogP contribution in [0.15, 0.2) is 0 Å². The largest absolute Gasteiger partial charge is 0.338 e. The van der Waals surface area contributed by atoms with Gasteiger partial charge in [0.15, 0.2) is 0 Å². The van der Waals surface area contributed by atoms with Crippen molar-refractivity contribution in [2.45, 2.75) is 65.7 Å². The molecule has 0 unspecified atom stereocenters. The van der Waals surface area contributed by atoms with E-state index in [-0.39, 0.29) is 18.1 Å². The Kier molecular flexibility index (Phi) is 9.89. The molecule has 0 saturated carbocycles. The number of carbonyl (C=O) groups excluding carboxylic acids is 3. The fraction of sp³-hybridized carbons (Fsp3) is 0.842. The summed E-state index contributed by atoms with van der Waals surface area (Å²) in [6.45, 7) is 9.69. The molecule has 0 aliphatic carbocycles. The van der Waals surface area contributed by atoms with Crippen LogP contribution < -0.4 is 21.3 Å². The summed E-state index contributed by atoms with van der Waals surface area (Å²) in [4.78, 5) is 39.5. The number of nitrogens with one attached hydrogen (secondary N) is 4. The molecule has 1 saturated heterocycles. The van der Waals surface area contributed by atoms with E-state index in [0.717, 1.165) is 25.7 Å². The molecule has 1 heterocycles. The Labute approximate surface area is 169 Å². The highest BCUT2D eigenvalue weighted by atomic mass is 16.2. The summed E-state index contributed by atoms with van der Waals surface area (Å²) < 4.78 is 0. The number of amides is 6. The summed E-state index contributed by atoms with van der Waals surface area (Å²) in [6.07, 6.45) is 2.56. The minimum absolute atomic E-state index is 0.268. The van der Waals surface area contributed by atoms with Crippen molar-refractivity contribution < 1.29 is 14.4 Å². The van der Waals surface area contributed by atoms with Crippen LogP contribution in [0.5, 0.6) is 0 Å². The summed E-state index contributed by atoms with van der Waals surface area (Å²) in [7, 11) is 3.20. The highest BCUT2D eigenvalue weighted by molar-refractivity contribution is 5.82. The van der Waals surface area contributed by atoms with E-state index in [4.69, 9.17) is 0 Å². The zero-order valence-corrected chi connectivity index (χ0v) is 18.2. The van der Waals surface area contributed by atoms with Crippen molar-refractivity contribution in [2.24, 2.45) is 11.8 Å². The van der Waals surface area contributed by atoms with Crippen LogP contribution in [-0.2, 0) is 0 Å². The monoisotopic (exact) mass is 398 g/mol. The zero-order chi connectivity index (χ0) is 21.3. The summed E-state index contributed by atoms with van der Waals surface area (Å²) in [5.41, 5.74) is 0. The predicted molar refractivity (Wildman–Crippen MR) is 110 cm³/mol. The van der Waals surface area contributed by atoms with Crippen LogP contribution in [0.1, 0.15) is 53.4 Å². The molecule has 1 aliphatic rings. The van der Waals surface area contributed by atoms with Gasteiger partial charge >= 0.3 is 18.1 Å². The standard InChI is InChI=1S/C19H38N6O3/c1-13(2)9-7-11-20-17(26)22-15-16(25(6)19(28)24(15)5)23-18(27)21-12-8-10-14(3)4/h13-16H,7-12H2,1-6H3,(H2,20,22,26)(H2,21,23,27)/t15-,16-/m1/s1. The second kappa shape index (κ2) is 11.6. The number of likely N-dealkylation sites (N-methyl/N-ethyl adjacent to an activating group) is 2. The Balaban J connectivity index is 2.53. The molecule has 1 aliphatic heterocycles. The van der Waals surface area contributed by atoms with Crippen molar-refractivity contribution in [1.29, 1.82) is 0 Å². The van der Waals surface area contributed by atoms with Crippen LogP contribution in [0.4, 0.5) is 14.4 Å². The van der Waals surface area contributed by atoms with Crippen LogP contribution in [0.2, 0.25) is 0 Å². The van der Waals surface area contributed by atoms with Gasteiger partial charge in [-0.25, -0.2) is 14.4 Å². The normalized spacial score (nSPS) is 19.4. The maximum absolute atomic E-state index is 12.3. The molecule has 0 radical (unpaired) electrons. The Morgan fingerprint density at radius 1 is 0.821 bits per heavy atom. The molecular formula is C19H38N6O3. The Hall–Kier alpha value is -2.19. The molecule has 1 rings (SSSR count). The Morgan fingerprint density at radius 2 is 1.18 bits per heavy atom. The first-order valence-electron chi connectivity index (χ1n) is 10.2. The lowest BCUT2D eigenvalue weighted by Gasteiger charge is -2.27. The molecule has 9 nitrogen and oxygen atoms in total. The molecule has 0 aromatic rings. The van der Waals surface area contributed by atoms with E-state index >= 15 is 0 Å². The quantitative estimate of drug-likeness (QED) is 0.424. The minimum Gasteiger partial charge on any atom is -0.338 e. The van der Waals surface area contributed by atoms with Gasteiger partial charge in [0.25, 0.3) is 0 Å². The first-order valence-corrected chi connectivity index (χ1v) is 10.2. The van der Waals surface area contributed by atoms with E-state index in [1.54, 1.807) is 14.1 Å². The number of urea groups is 3. The second-order valence-electron chi connectivity index (χ2n) is 8.27. The number of hydrogen-bond donors (Lipinski definition) is 4. The smallest absolute Gasteiger partial charge is 0.323 e. The first-order chi connectivity index (χ1) is 13.1. The second-order valence-corrected chi connectivity index (χ2v) is 8.27. The Bertz CT molecular complexity index is 482. The van der Waals surface area contributed by atoms with Gasteiger partial charge < -0.3 is 31.1 Å². The molecule has 0 spiro atoms. The third kappa shape index (κ3) is 7.82. The van der Waals surface area contributed by atoms with Crippen molar-refractivity contribution in [1.82, 2.24) is 31.1 Å². The van der Waals surface area contributed by atoms with Crippen molar-refractivity contribution in [3.8, 4) is 0 Å². The third-order valence-electron chi connectivity index (χ3n) is 4.78. The van der Waals surface area contributed by atoms with Crippen molar-refractivity contribution in [3.63, 3.8) is 0 Å². The summed E-state index contributed by atoms with van der Waals surface area (Å²) in [6, 6.07) is -0.976. The summed E-state index contributed by atoms with van der Waals surface area (Å²) in [5.74, 6) is 1.18. The van der Waals surface area contributed by atoms with Crippen LogP contribution in [0.3, 0.4) is 0 Å². The van der Waals surface area contributed by atoms with Crippen molar-refractivity contribution in [2.75, 3.05) is 27.2 Å². The van der Waals surface area contributed by atoms with Crippen molar-refractivity contribution in [3.05, 3.63) is 0 Å². The molecule has 0 bridgehead atoms. The highest BCUT2D eigenvalue weighted by Crippen LogP contribution is 2.16. The average molecular weight is 399 g/mol. The molecule has 4 N–H and O–H groups in total. The van der Waals surface area contributed by atoms with E-state index in [0.29, 0.717) is 24.9 Å². The van der Waals surface area contributed by atoms with E-state index in [2.05, 4.69) is 49.0 Å². The van der Waals surface area contributed by atoms with Gasteiger partial charge in [-0.3, -0.25) is 0 Å². The molecule has 6 amide bonds. The van der Waals surface area contributed by atoms with Gasteiger partial charge in [-0.1, -0.05) is 27.7 Å². The number of rotatable bonds is 10. The van der Waals surface area contributed by atoms with E-state index in [9.17, 15) is 14.4 Å². The zero-order valence-electron chi connectivity index (χ0n) is 18.2. The molecule has 1 fully saturated rings. The molecule has 9 heteroatoms. The SMILES string of the molecule is CC(C)CCCNC(=O)N[C@H]1[C@H](NC(=O)NCCCC(C)C)N(C)C(=O)N1C. The van der Waals surface area contributed by atoms with Gasteiger partial charge in [-0.05, 0) is 37.5 Å². The maximum Gasteiger partial charge on any atom is 0.323 e. The molecule has 0 aromatic carbocycles. The first kappa shape index (κ1) is 23.8. The van der Waals surface area contributed by atoms with Gasteiger partial charge in [0.05, 0.1) is 0 Å². The molecule has 162 valence electrons. The van der Waals surface area contributed by atoms with Crippen molar-refractivity contribution >= 4 is 18.1 Å². The fourth-order valence-electron chi connectivity index (χ4n) is 3.06. The van der Waals surface area contributed by atoms with Gasteiger partial charge in [-0.2, -0.15) is 0 Å². The lowest BCUT2D eigenvalue weighted by atomic mass is 10.1. The predicted octanol–water partition coefficient (Wildman–Crippen LogP) is 2.11. The Morgan fingerprint density at radius 3 is 1.50 bits per heavy atom. The third-order valence-corrected chi connectivity index (χ3v) is 4.78. The molecule has 28 heavy (non-hydrogen) atoms. The van der Waals surface area contributed by atoms with E-state index < -0.39 is 12.3 Å². The number of hydrogen-bond acceptors (Lipinski definition) is 3. The van der Waals surface area contributed by atoms with Gasteiger partial charge in [0, 0.05) is 27.2 Å². The fourth-order valence-corrected chi connectivity index (χ4v) is 3.06. The molecule has 2 atom stereocenters. The van der Waals surface area contributed by atoms with Gasteiger partial charge in [-0.15, -0.1) is 0 Å². The highest BCUT2D eigenvalue weighted by Gasteiger charge is 2.43. The summed E-state index contributed by atoms with van der Waals surface area (Å²) in [5, 5.41) is 11.2. The lowest BCUT2D eigenvalue weighted by Crippen LogP contribution is -2.59. The average Bonchev–Trinajstić information content (AvgIpc) is 2.80. The molecular weight excluding hydrogens is 360 g/mol. The minimum atomic E-state index is -0.649. The lowest BCUT2D eigenvalue weighted by molar-refractivity contribution is 0.193. The van der Waals surface area contributed by atoms with Crippen LogP contribution in [0, 0.1) is 11.8 Å². The number of nitrogens with zero attached hydrogens (tertiary/aromatic N) is 2. The van der Waals surface area contributed by atoms with E-state index in [1.165, 1.54) is 9.80 Å². The van der Waals surface area contributed by atoms with E-state index in [1.807, 2.05) is 0 Å². The van der Waals surface area contributed by atoms with Crippen LogP contribution in [-0.4, -0.2) is 67.4 Å². The van der Waals surface area contributed by atoms with Crippen LogP contribution in [0.25, 0.3) is 0 Å². The molecule has 0 aromatic heterocycles. The van der Waals surface area contributed by atoms with Gasteiger partial charge in [0.1, 0.15) is 12.3 Å². The maximum atomic E-state index is 12.3. The summed E-state index contributed by atoms with van der Waals surface area (Å²) >= 11 is 0. The number of carbonyl (C=O) groups is 3.